The van der Waals surface area contributed by atoms with Gasteiger partial charge < -0.3 is 9.80 Å². The number of aryl methyl sites for hydroxylation is 1. The molecular formula is C19H24FN3OS. The molecule has 1 atom stereocenters. The van der Waals surface area contributed by atoms with E-state index in [1.54, 1.807) is 17.4 Å². The van der Waals surface area contributed by atoms with Crippen molar-refractivity contribution < 1.29 is 9.18 Å². The zero-order valence-corrected chi connectivity index (χ0v) is 15.6. The van der Waals surface area contributed by atoms with E-state index in [1.807, 2.05) is 24.8 Å². The maximum Gasteiger partial charge on any atom is 0.225 e. The van der Waals surface area contributed by atoms with Gasteiger partial charge in [-0.15, -0.1) is 11.3 Å². The van der Waals surface area contributed by atoms with E-state index in [1.165, 1.54) is 12.1 Å². The van der Waals surface area contributed by atoms with Gasteiger partial charge in [0.2, 0.25) is 5.91 Å². The largest absolute Gasteiger partial charge is 0.346 e. The van der Waals surface area contributed by atoms with Gasteiger partial charge >= 0.3 is 0 Å². The SMILES string of the molecule is Cc1csc(N2CCCN(C(=O)C(C)Cc3cccc(F)c3)CC2)n1. The smallest absolute Gasteiger partial charge is 0.225 e. The van der Waals surface area contributed by atoms with E-state index in [4.69, 9.17) is 0 Å². The van der Waals surface area contributed by atoms with Crippen LogP contribution in [0.25, 0.3) is 0 Å². The molecule has 0 spiro atoms. The summed E-state index contributed by atoms with van der Waals surface area (Å²) >= 11 is 1.66. The number of nitrogens with zero attached hydrogens (tertiary/aromatic N) is 3. The zero-order chi connectivity index (χ0) is 17.8. The number of hydrogen-bond acceptors (Lipinski definition) is 4. The minimum atomic E-state index is -0.249. The fraction of sp³-hybridized carbons (Fsp3) is 0.474. The highest BCUT2D eigenvalue weighted by molar-refractivity contribution is 7.13. The number of amides is 1. The van der Waals surface area contributed by atoms with Gasteiger partial charge in [-0.1, -0.05) is 19.1 Å². The first kappa shape index (κ1) is 17.9. The summed E-state index contributed by atoms with van der Waals surface area (Å²) in [7, 11) is 0. The Bertz CT molecular complexity index is 733. The van der Waals surface area contributed by atoms with Crippen molar-refractivity contribution in [2.75, 3.05) is 31.1 Å². The van der Waals surface area contributed by atoms with Crippen LogP contribution in [0.4, 0.5) is 9.52 Å². The van der Waals surface area contributed by atoms with E-state index in [2.05, 4.69) is 15.3 Å². The molecule has 1 saturated heterocycles. The van der Waals surface area contributed by atoms with Gasteiger partial charge in [-0.2, -0.15) is 0 Å². The molecule has 25 heavy (non-hydrogen) atoms. The van der Waals surface area contributed by atoms with E-state index in [0.717, 1.165) is 42.4 Å². The number of carbonyl (C=O) groups is 1. The monoisotopic (exact) mass is 361 g/mol. The van der Waals surface area contributed by atoms with Gasteiger partial charge in [-0.05, 0) is 37.5 Å². The molecule has 0 N–H and O–H groups in total. The first-order valence-electron chi connectivity index (χ1n) is 8.73. The molecule has 1 unspecified atom stereocenters. The molecule has 1 amide bonds. The average Bonchev–Trinajstić information content (AvgIpc) is 2.87. The molecule has 3 rings (SSSR count). The normalized spacial score (nSPS) is 16.6. The zero-order valence-electron chi connectivity index (χ0n) is 14.7. The molecule has 0 aliphatic carbocycles. The molecule has 4 nitrogen and oxygen atoms in total. The molecule has 0 saturated carbocycles. The van der Waals surface area contributed by atoms with E-state index in [0.29, 0.717) is 13.0 Å². The average molecular weight is 361 g/mol. The highest BCUT2D eigenvalue weighted by Crippen LogP contribution is 2.22. The van der Waals surface area contributed by atoms with Gasteiger partial charge in [0.1, 0.15) is 5.82 Å². The standard InChI is InChI=1S/C19H24FN3OS/c1-14(11-16-5-3-6-17(20)12-16)18(24)22-7-4-8-23(10-9-22)19-21-15(2)13-25-19/h3,5-6,12-14H,4,7-11H2,1-2H3. The molecule has 134 valence electrons. The Morgan fingerprint density at radius 3 is 2.88 bits per heavy atom. The summed E-state index contributed by atoms with van der Waals surface area (Å²) in [6, 6.07) is 6.52. The lowest BCUT2D eigenvalue weighted by molar-refractivity contribution is -0.134. The topological polar surface area (TPSA) is 36.4 Å². The Morgan fingerprint density at radius 2 is 2.16 bits per heavy atom. The maximum absolute atomic E-state index is 13.3. The summed E-state index contributed by atoms with van der Waals surface area (Å²) in [5.41, 5.74) is 1.91. The van der Waals surface area contributed by atoms with Crippen LogP contribution in [0.1, 0.15) is 24.6 Å². The minimum absolute atomic E-state index is 0.143. The van der Waals surface area contributed by atoms with Gasteiger partial charge in [0.15, 0.2) is 5.13 Å². The van der Waals surface area contributed by atoms with E-state index in [9.17, 15) is 9.18 Å². The molecule has 2 heterocycles. The van der Waals surface area contributed by atoms with Crippen LogP contribution in [-0.2, 0) is 11.2 Å². The van der Waals surface area contributed by atoms with Crippen LogP contribution in [0.15, 0.2) is 29.6 Å². The van der Waals surface area contributed by atoms with Crippen molar-refractivity contribution in [1.82, 2.24) is 9.88 Å². The van der Waals surface area contributed by atoms with Crippen LogP contribution < -0.4 is 4.90 Å². The maximum atomic E-state index is 13.3. The fourth-order valence-corrected chi connectivity index (χ4v) is 4.09. The van der Waals surface area contributed by atoms with Crippen molar-refractivity contribution in [2.24, 2.45) is 5.92 Å². The Labute approximate surface area is 152 Å². The van der Waals surface area contributed by atoms with Crippen LogP contribution in [0.3, 0.4) is 0 Å². The first-order valence-corrected chi connectivity index (χ1v) is 9.61. The molecule has 6 heteroatoms. The Balaban J connectivity index is 1.58. The third kappa shape index (κ3) is 4.57. The van der Waals surface area contributed by atoms with Crippen molar-refractivity contribution in [1.29, 1.82) is 0 Å². The predicted molar refractivity (Wildman–Crippen MR) is 99.5 cm³/mol. The molecule has 1 aromatic heterocycles. The lowest BCUT2D eigenvalue weighted by atomic mass is 9.99. The number of thiazole rings is 1. The third-order valence-corrected chi connectivity index (χ3v) is 5.56. The number of anilines is 1. The molecular weight excluding hydrogens is 337 g/mol. The van der Waals surface area contributed by atoms with Gasteiger partial charge in [-0.25, -0.2) is 9.37 Å². The summed E-state index contributed by atoms with van der Waals surface area (Å²) in [6.45, 7) is 7.15. The number of benzene rings is 1. The Morgan fingerprint density at radius 1 is 1.32 bits per heavy atom. The summed E-state index contributed by atoms with van der Waals surface area (Å²) in [5.74, 6) is -0.238. The summed E-state index contributed by atoms with van der Waals surface area (Å²) in [6.07, 6.45) is 1.51. The number of hydrogen-bond donors (Lipinski definition) is 0. The molecule has 0 radical (unpaired) electrons. The molecule has 0 bridgehead atoms. The van der Waals surface area contributed by atoms with Crippen LogP contribution in [0, 0.1) is 18.7 Å². The van der Waals surface area contributed by atoms with Gasteiger partial charge in [0.05, 0.1) is 5.69 Å². The van der Waals surface area contributed by atoms with E-state index >= 15 is 0 Å². The molecule has 1 aromatic carbocycles. The van der Waals surface area contributed by atoms with Gasteiger partial charge in [0.25, 0.3) is 0 Å². The van der Waals surface area contributed by atoms with Gasteiger partial charge in [0, 0.05) is 37.5 Å². The molecule has 1 aliphatic heterocycles. The van der Waals surface area contributed by atoms with Gasteiger partial charge in [-0.3, -0.25) is 4.79 Å². The van der Waals surface area contributed by atoms with Crippen molar-refractivity contribution >= 4 is 22.4 Å². The first-order chi connectivity index (χ1) is 12.0. The second kappa shape index (κ2) is 7.95. The quantitative estimate of drug-likeness (QED) is 0.836. The number of aromatic nitrogens is 1. The van der Waals surface area contributed by atoms with Crippen molar-refractivity contribution in [3.8, 4) is 0 Å². The fourth-order valence-electron chi connectivity index (χ4n) is 3.23. The lowest BCUT2D eigenvalue weighted by Gasteiger charge is -2.24. The van der Waals surface area contributed by atoms with Crippen LogP contribution in [-0.4, -0.2) is 42.0 Å². The second-order valence-corrected chi connectivity index (χ2v) is 7.51. The van der Waals surface area contributed by atoms with E-state index < -0.39 is 0 Å². The highest BCUT2D eigenvalue weighted by atomic mass is 32.1. The lowest BCUT2D eigenvalue weighted by Crippen LogP contribution is -2.38. The molecule has 1 fully saturated rings. The Kier molecular flexibility index (Phi) is 5.68. The summed E-state index contributed by atoms with van der Waals surface area (Å²) < 4.78 is 13.3. The summed E-state index contributed by atoms with van der Waals surface area (Å²) in [5, 5.41) is 3.10. The van der Waals surface area contributed by atoms with Crippen LogP contribution in [0.2, 0.25) is 0 Å². The second-order valence-electron chi connectivity index (χ2n) is 6.67. The summed E-state index contributed by atoms with van der Waals surface area (Å²) in [4.78, 5) is 21.6. The van der Waals surface area contributed by atoms with Crippen LogP contribution in [0.5, 0.6) is 0 Å². The van der Waals surface area contributed by atoms with Crippen molar-refractivity contribution in [2.45, 2.75) is 26.7 Å². The number of carbonyl (C=O) groups excluding carboxylic acids is 1. The third-order valence-electron chi connectivity index (χ3n) is 4.54. The van der Waals surface area contributed by atoms with Crippen LogP contribution >= 0.6 is 11.3 Å². The van der Waals surface area contributed by atoms with Crippen molar-refractivity contribution in [3.05, 3.63) is 46.7 Å². The van der Waals surface area contributed by atoms with Crippen molar-refractivity contribution in [3.63, 3.8) is 0 Å². The molecule has 1 aliphatic rings. The predicted octanol–water partition coefficient (Wildman–Crippen LogP) is 3.51. The van der Waals surface area contributed by atoms with E-state index in [-0.39, 0.29) is 17.6 Å². The Hall–Kier alpha value is -1.95. The minimum Gasteiger partial charge on any atom is -0.346 e. The number of rotatable bonds is 4. The number of halogens is 1. The molecule has 2 aromatic rings. The highest BCUT2D eigenvalue weighted by Gasteiger charge is 2.24.